The van der Waals surface area contributed by atoms with Crippen molar-refractivity contribution in [2.45, 2.75) is 72.2 Å². The Bertz CT molecular complexity index is 2530. The van der Waals surface area contributed by atoms with Crippen molar-refractivity contribution in [3.05, 3.63) is 83.1 Å². The number of carbonyl (C=O) groups excluding carboxylic acids is 5. The van der Waals surface area contributed by atoms with Crippen molar-refractivity contribution >= 4 is 68.8 Å². The molecule has 1 aliphatic rings. The van der Waals surface area contributed by atoms with Crippen molar-refractivity contribution in [1.29, 1.82) is 0 Å². The first-order valence-electron chi connectivity index (χ1n) is 20.2. The molecule has 63 heavy (non-hydrogen) atoms. The van der Waals surface area contributed by atoms with Crippen LogP contribution in [0.2, 0.25) is 0 Å². The highest BCUT2D eigenvalue weighted by Gasteiger charge is 2.44. The number of hydrogen-bond donors (Lipinski definition) is 7. The summed E-state index contributed by atoms with van der Waals surface area (Å²) in [6.45, 7) is 7.95. The third-order valence-corrected chi connectivity index (χ3v) is 11.6. The van der Waals surface area contributed by atoms with Gasteiger partial charge in [-0.2, -0.15) is 0 Å². The maximum atomic E-state index is 15.3. The number of carbonyl (C=O) groups is 5. The van der Waals surface area contributed by atoms with E-state index in [1.165, 1.54) is 23.5 Å². The van der Waals surface area contributed by atoms with Gasteiger partial charge in [0.15, 0.2) is 5.82 Å². The summed E-state index contributed by atoms with van der Waals surface area (Å²) in [4.78, 5) is 80.4. The van der Waals surface area contributed by atoms with Gasteiger partial charge in [-0.1, -0.05) is 45.0 Å². The third kappa shape index (κ3) is 11.1. The lowest BCUT2D eigenvalue weighted by Gasteiger charge is -2.35. The molecule has 0 bridgehead atoms. The Balaban J connectivity index is 0.950. The van der Waals surface area contributed by atoms with Crippen LogP contribution in [0.5, 0.6) is 0 Å². The monoisotopic (exact) mass is 882 g/mol. The van der Waals surface area contributed by atoms with Crippen LogP contribution in [-0.4, -0.2) is 99.0 Å². The van der Waals surface area contributed by atoms with E-state index < -0.39 is 72.2 Å². The zero-order valence-electron chi connectivity index (χ0n) is 35.6. The van der Waals surface area contributed by atoms with Crippen molar-refractivity contribution < 1.29 is 38.2 Å². The van der Waals surface area contributed by atoms with E-state index in [4.69, 9.17) is 16.2 Å². The quantitative estimate of drug-likeness (QED) is 0.0745. The largest absolute Gasteiger partial charge is 0.397 e. The SMILES string of the molecule is Cc1ncsc1-c1ccc(CNC(=O)[C@@H]2C[C@@H](O)CN2C(=O)[C@@H](NC(=O)COCC(=O)NCCC(=O)Nc2cc3cc(-c4cncc(N)c4C)c(F)c(N)c3cn2)C(C)(C)C)cc1. The number of aliphatic hydroxyl groups excluding tert-OH is 1. The molecule has 6 rings (SSSR count). The van der Waals surface area contributed by atoms with Crippen molar-refractivity contribution in [1.82, 2.24) is 35.8 Å². The highest BCUT2D eigenvalue weighted by atomic mass is 32.1. The lowest BCUT2D eigenvalue weighted by Crippen LogP contribution is -2.58. The number of pyridine rings is 2. The molecule has 1 saturated heterocycles. The average Bonchev–Trinajstić information content (AvgIpc) is 3.86. The number of amides is 5. The molecule has 9 N–H and O–H groups in total. The van der Waals surface area contributed by atoms with E-state index in [1.54, 1.807) is 56.7 Å². The van der Waals surface area contributed by atoms with Crippen LogP contribution in [0.4, 0.5) is 21.6 Å². The number of aryl methyl sites for hydroxylation is 1. The van der Waals surface area contributed by atoms with E-state index in [2.05, 4.69) is 36.2 Å². The second-order valence-electron chi connectivity index (χ2n) is 16.4. The number of nitrogens with two attached hydrogens (primary N) is 2. The molecular weight excluding hydrogens is 832 g/mol. The third-order valence-electron chi connectivity index (χ3n) is 10.7. The van der Waals surface area contributed by atoms with Gasteiger partial charge in [-0.05, 0) is 53.5 Å². The first-order chi connectivity index (χ1) is 29.9. The number of halogens is 1. The zero-order valence-corrected chi connectivity index (χ0v) is 36.4. The summed E-state index contributed by atoms with van der Waals surface area (Å²) in [6.07, 6.45) is 3.29. The number of β-amino-alcohol motifs (C(OH)–C–C–N with tert-alkyl or cyclic N) is 1. The predicted molar refractivity (Wildman–Crippen MR) is 237 cm³/mol. The molecule has 5 amide bonds. The van der Waals surface area contributed by atoms with Crippen LogP contribution in [-0.2, 0) is 35.3 Å². The molecule has 1 aliphatic heterocycles. The Hall–Kier alpha value is -6.57. The molecule has 0 radical (unpaired) electrons. The molecular formula is C44H51FN10O7S. The van der Waals surface area contributed by atoms with Gasteiger partial charge >= 0.3 is 0 Å². The molecule has 332 valence electrons. The summed E-state index contributed by atoms with van der Waals surface area (Å²) in [6, 6.07) is 8.81. The number of ether oxygens (including phenoxy) is 1. The Kier molecular flexibility index (Phi) is 14.3. The van der Waals surface area contributed by atoms with Gasteiger partial charge in [0.05, 0.1) is 39.8 Å². The number of nitrogens with one attached hydrogen (secondary N) is 4. The number of anilines is 3. The van der Waals surface area contributed by atoms with E-state index in [-0.39, 0.29) is 49.5 Å². The molecule has 4 heterocycles. The van der Waals surface area contributed by atoms with Crippen molar-refractivity contribution in [2.24, 2.45) is 5.41 Å². The number of hydrogen-bond acceptors (Lipinski definition) is 13. The van der Waals surface area contributed by atoms with Crippen molar-refractivity contribution in [3.8, 4) is 21.6 Å². The van der Waals surface area contributed by atoms with Gasteiger partial charge in [-0.25, -0.2) is 14.4 Å². The second kappa shape index (κ2) is 19.6. The molecule has 3 atom stereocenters. The fraction of sp³-hybridized carbons (Fsp3) is 0.364. The summed E-state index contributed by atoms with van der Waals surface area (Å²) in [5, 5.41) is 22.1. The van der Waals surface area contributed by atoms with Crippen LogP contribution >= 0.6 is 11.3 Å². The molecule has 5 aromatic rings. The van der Waals surface area contributed by atoms with E-state index in [1.807, 2.05) is 31.2 Å². The van der Waals surface area contributed by atoms with Crippen LogP contribution in [0.15, 0.2) is 60.5 Å². The molecule has 17 nitrogen and oxygen atoms in total. The minimum atomic E-state index is -1.09. The molecule has 2 aromatic carbocycles. The van der Waals surface area contributed by atoms with E-state index in [0.29, 0.717) is 27.6 Å². The normalized spacial score (nSPS) is 15.5. The van der Waals surface area contributed by atoms with E-state index in [0.717, 1.165) is 21.7 Å². The molecule has 0 spiro atoms. The van der Waals surface area contributed by atoms with Gasteiger partial charge in [-0.3, -0.25) is 29.0 Å². The fourth-order valence-electron chi connectivity index (χ4n) is 7.17. The first kappa shape index (κ1) is 45.9. The summed E-state index contributed by atoms with van der Waals surface area (Å²) < 4.78 is 20.6. The van der Waals surface area contributed by atoms with Crippen LogP contribution in [0.3, 0.4) is 0 Å². The lowest BCUT2D eigenvalue weighted by atomic mass is 9.85. The van der Waals surface area contributed by atoms with Gasteiger partial charge < -0.3 is 47.5 Å². The van der Waals surface area contributed by atoms with Crippen LogP contribution in [0, 0.1) is 25.1 Å². The summed E-state index contributed by atoms with van der Waals surface area (Å²) >= 11 is 1.55. The number of nitrogen functional groups attached to an aromatic ring is 2. The summed E-state index contributed by atoms with van der Waals surface area (Å²) in [5.41, 5.74) is 17.5. The Morgan fingerprint density at radius 3 is 2.40 bits per heavy atom. The van der Waals surface area contributed by atoms with Gasteiger partial charge in [0.1, 0.15) is 31.1 Å². The number of aliphatic hydroxyl groups is 1. The maximum absolute atomic E-state index is 15.3. The predicted octanol–water partition coefficient (Wildman–Crippen LogP) is 3.61. The minimum absolute atomic E-state index is 0.0363. The van der Waals surface area contributed by atoms with Crippen LogP contribution < -0.4 is 32.7 Å². The highest BCUT2D eigenvalue weighted by Crippen LogP contribution is 2.36. The molecule has 0 aliphatic carbocycles. The molecule has 1 fully saturated rings. The number of likely N-dealkylation sites (tertiary alicyclic amines) is 1. The number of fused-ring (bicyclic) bond motifs is 1. The minimum Gasteiger partial charge on any atom is -0.397 e. The number of aromatic nitrogens is 3. The van der Waals surface area contributed by atoms with Gasteiger partial charge in [0.25, 0.3) is 0 Å². The Morgan fingerprint density at radius 2 is 1.70 bits per heavy atom. The molecule has 0 saturated carbocycles. The van der Waals surface area contributed by atoms with E-state index >= 15 is 4.39 Å². The number of nitrogens with zero attached hydrogens (tertiary/aromatic N) is 4. The second-order valence-corrected chi connectivity index (χ2v) is 17.3. The van der Waals surface area contributed by atoms with Gasteiger partial charge in [0, 0.05) is 61.4 Å². The maximum Gasteiger partial charge on any atom is 0.246 e. The number of benzene rings is 2. The van der Waals surface area contributed by atoms with Crippen LogP contribution in [0.1, 0.15) is 50.4 Å². The standard InChI is InChI=1S/C44H51FN10O7S/c1-23-30(16-48-18-32(23)46)29-12-27-13-34(50-17-31(27)39(47)38(29)45)53-35(57)10-11-49-36(58)20-62-21-37(59)54-41(44(3,4)5)43(61)55-19-28(56)14-33(55)42(60)51-15-25-6-8-26(9-7-25)40-24(2)52-22-63-40/h6-9,12-13,16-18,22,28,33,41,56H,10-11,14-15,19-21,46-47H2,1-5H3,(H,49,58)(H,51,60)(H,54,59)(H,50,53,57)/t28-,33+,41-/m1/s1. The van der Waals surface area contributed by atoms with E-state index in [9.17, 15) is 29.1 Å². The topological polar surface area (TPSA) is 257 Å². The zero-order chi connectivity index (χ0) is 45.6. The smallest absolute Gasteiger partial charge is 0.246 e. The van der Waals surface area contributed by atoms with Crippen molar-refractivity contribution in [2.75, 3.05) is 43.1 Å². The first-order valence-corrected chi connectivity index (χ1v) is 21.1. The summed E-state index contributed by atoms with van der Waals surface area (Å²) in [7, 11) is 0. The van der Waals surface area contributed by atoms with Crippen LogP contribution in [0.25, 0.3) is 32.3 Å². The number of thiazole rings is 1. The summed E-state index contributed by atoms with van der Waals surface area (Å²) in [5.74, 6) is -3.17. The molecule has 3 aromatic heterocycles. The Morgan fingerprint density at radius 1 is 0.968 bits per heavy atom. The van der Waals surface area contributed by atoms with Gasteiger partial charge in [0.2, 0.25) is 29.5 Å². The lowest BCUT2D eigenvalue weighted by molar-refractivity contribution is -0.145. The molecule has 19 heteroatoms. The number of rotatable bonds is 15. The van der Waals surface area contributed by atoms with Crippen molar-refractivity contribution in [3.63, 3.8) is 0 Å². The highest BCUT2D eigenvalue weighted by molar-refractivity contribution is 7.13. The van der Waals surface area contributed by atoms with Gasteiger partial charge in [-0.15, -0.1) is 11.3 Å². The Labute approximate surface area is 367 Å². The molecule has 0 unspecified atom stereocenters. The average molecular weight is 883 g/mol. The fourth-order valence-corrected chi connectivity index (χ4v) is 7.98.